The third-order valence-electron chi connectivity index (χ3n) is 8.16. The van der Waals surface area contributed by atoms with Crippen LogP contribution in [0.4, 0.5) is 0 Å². The van der Waals surface area contributed by atoms with Gasteiger partial charge in [0.2, 0.25) is 5.91 Å². The van der Waals surface area contributed by atoms with E-state index in [0.29, 0.717) is 31.0 Å². The number of benzene rings is 1. The van der Waals surface area contributed by atoms with E-state index >= 15 is 0 Å². The lowest BCUT2D eigenvalue weighted by Gasteiger charge is -2.33. The number of amides is 2. The molecule has 1 aromatic rings. The molecule has 3 saturated carbocycles. The molecule has 6 heteroatoms. The molecule has 1 N–H and O–H groups in total. The Hall–Kier alpha value is -2.34. The van der Waals surface area contributed by atoms with Gasteiger partial charge < -0.3 is 15.0 Å². The van der Waals surface area contributed by atoms with E-state index in [4.69, 9.17) is 4.74 Å². The Balaban J connectivity index is 1.14. The van der Waals surface area contributed by atoms with Crippen molar-refractivity contribution in [2.75, 3.05) is 13.1 Å². The summed E-state index contributed by atoms with van der Waals surface area (Å²) in [5.74, 6) is 2.49. The first-order valence-electron chi connectivity index (χ1n) is 12.9. The second-order valence-corrected chi connectivity index (χ2v) is 10.9. The number of hydrogen-bond acceptors (Lipinski definition) is 4. The minimum Gasteiger partial charge on any atom is -0.489 e. The zero-order valence-corrected chi connectivity index (χ0v) is 19.4. The number of ether oxygens (including phenoxy) is 1. The van der Waals surface area contributed by atoms with Gasteiger partial charge in [-0.05, 0) is 93.4 Å². The first kappa shape index (κ1) is 21.2. The second kappa shape index (κ2) is 8.46. The van der Waals surface area contributed by atoms with Gasteiger partial charge in [-0.2, -0.15) is 0 Å². The van der Waals surface area contributed by atoms with Crippen LogP contribution in [0.15, 0.2) is 30.5 Å². The molecule has 0 radical (unpaired) electrons. The molecular weight excluding hydrogens is 414 g/mol. The van der Waals surface area contributed by atoms with Crippen LogP contribution in [0.2, 0.25) is 0 Å². The lowest BCUT2D eigenvalue weighted by atomic mass is 10.0. The Morgan fingerprint density at radius 2 is 1.79 bits per heavy atom. The Bertz CT molecular complexity index is 953. The molecule has 2 aliphatic heterocycles. The summed E-state index contributed by atoms with van der Waals surface area (Å²) in [6.45, 7) is 6.80. The molecule has 2 amide bonds. The molecule has 3 atom stereocenters. The molecule has 6 rings (SSSR count). The van der Waals surface area contributed by atoms with Crippen molar-refractivity contribution in [1.29, 1.82) is 0 Å². The summed E-state index contributed by atoms with van der Waals surface area (Å²) in [5.41, 5.74) is 2.41. The van der Waals surface area contributed by atoms with Crippen LogP contribution in [-0.4, -0.2) is 52.9 Å². The van der Waals surface area contributed by atoms with E-state index in [2.05, 4.69) is 16.8 Å². The normalized spacial score (nSPS) is 29.5. The number of rotatable bonds is 8. The van der Waals surface area contributed by atoms with Gasteiger partial charge in [-0.25, -0.2) is 0 Å². The lowest BCUT2D eigenvalue weighted by molar-refractivity contribution is -0.126. The van der Waals surface area contributed by atoms with Crippen molar-refractivity contribution in [2.24, 2.45) is 11.8 Å². The minimum atomic E-state index is -0.419. The van der Waals surface area contributed by atoms with E-state index < -0.39 is 6.04 Å². The van der Waals surface area contributed by atoms with Gasteiger partial charge in [-0.15, -0.1) is 0 Å². The Morgan fingerprint density at radius 1 is 1.03 bits per heavy atom. The van der Waals surface area contributed by atoms with Crippen molar-refractivity contribution in [2.45, 2.75) is 82.5 Å². The number of hydrogen-bond donors (Lipinski definition) is 1. The topological polar surface area (TPSA) is 61.9 Å². The van der Waals surface area contributed by atoms with Crippen molar-refractivity contribution in [3.63, 3.8) is 0 Å². The van der Waals surface area contributed by atoms with Gasteiger partial charge in [0, 0.05) is 36.9 Å². The van der Waals surface area contributed by atoms with E-state index in [0.717, 1.165) is 35.3 Å². The van der Waals surface area contributed by atoms with E-state index in [1.807, 2.05) is 18.2 Å². The molecule has 0 spiro atoms. The molecule has 3 aliphatic carbocycles. The number of fused-ring (bicyclic) bond motifs is 1. The summed E-state index contributed by atoms with van der Waals surface area (Å²) < 4.78 is 6.59. The largest absolute Gasteiger partial charge is 0.489 e. The van der Waals surface area contributed by atoms with Crippen LogP contribution in [0.3, 0.4) is 0 Å². The highest BCUT2D eigenvalue weighted by molar-refractivity contribution is 6.01. The first-order valence-corrected chi connectivity index (χ1v) is 12.9. The molecule has 176 valence electrons. The number of nitrogens with zero attached hydrogens (tertiary/aromatic N) is 2. The number of carbonyl (C=O) groups excluding carboxylic acids is 2. The summed E-state index contributed by atoms with van der Waals surface area (Å²) in [4.78, 5) is 29.9. The summed E-state index contributed by atoms with van der Waals surface area (Å²) in [7, 11) is 0. The lowest BCUT2D eigenvalue weighted by Crippen LogP contribution is -2.49. The minimum absolute atomic E-state index is 0.0528. The third kappa shape index (κ3) is 4.42. The molecule has 4 fully saturated rings. The summed E-state index contributed by atoms with van der Waals surface area (Å²) >= 11 is 0. The molecule has 33 heavy (non-hydrogen) atoms. The first-order chi connectivity index (χ1) is 16.0. The summed E-state index contributed by atoms with van der Waals surface area (Å²) in [6, 6.07) is 5.97. The molecule has 2 heterocycles. The van der Waals surface area contributed by atoms with Crippen LogP contribution in [-0.2, 0) is 11.3 Å². The van der Waals surface area contributed by atoms with Crippen molar-refractivity contribution in [1.82, 2.24) is 15.1 Å². The van der Waals surface area contributed by atoms with Gasteiger partial charge in [-0.1, -0.05) is 6.58 Å². The smallest absolute Gasteiger partial charge is 0.255 e. The number of nitrogens with one attached hydrogen (secondary N) is 1. The Kier molecular flexibility index (Phi) is 5.44. The SMILES string of the molecule is C=C1CCC(N2Cc3cc(O[C@H]4CCC[C@@H]4N(CC4CC4)CC4CC4)ccc3C2=O)C(=O)N1. The summed E-state index contributed by atoms with van der Waals surface area (Å²) in [6.07, 6.45) is 10.7. The number of allylic oxidation sites excluding steroid dienone is 1. The third-order valence-corrected chi connectivity index (χ3v) is 8.16. The molecule has 1 unspecified atom stereocenters. The van der Waals surface area contributed by atoms with Crippen LogP contribution < -0.4 is 10.1 Å². The fourth-order valence-corrected chi connectivity index (χ4v) is 5.95. The standard InChI is InChI=1S/C27H35N3O3/c1-17-5-12-24(26(31)28-17)30-16-20-13-21(10-11-22(20)27(30)32)33-25-4-2-3-23(25)29(14-18-6-7-18)15-19-8-9-19/h10-11,13,18-19,23-25H,1-9,12,14-16H2,(H,28,31)/t23-,24?,25-/m0/s1. The monoisotopic (exact) mass is 449 g/mol. The van der Waals surface area contributed by atoms with Gasteiger partial charge in [0.25, 0.3) is 5.91 Å². The zero-order chi connectivity index (χ0) is 22.5. The van der Waals surface area contributed by atoms with Gasteiger partial charge >= 0.3 is 0 Å². The highest BCUT2D eigenvalue weighted by Gasteiger charge is 2.40. The van der Waals surface area contributed by atoms with E-state index in [1.54, 1.807) is 4.90 Å². The maximum atomic E-state index is 13.0. The fraction of sp³-hybridized carbons (Fsp3) is 0.630. The van der Waals surface area contributed by atoms with Crippen molar-refractivity contribution < 1.29 is 14.3 Å². The fourth-order valence-electron chi connectivity index (χ4n) is 5.95. The molecule has 0 aromatic heterocycles. The van der Waals surface area contributed by atoms with Crippen molar-refractivity contribution in [3.05, 3.63) is 41.6 Å². The summed E-state index contributed by atoms with van der Waals surface area (Å²) in [5, 5.41) is 2.81. The van der Waals surface area contributed by atoms with E-state index in [9.17, 15) is 9.59 Å². The van der Waals surface area contributed by atoms with E-state index in [-0.39, 0.29) is 17.9 Å². The number of carbonyl (C=O) groups is 2. The van der Waals surface area contributed by atoms with E-state index in [1.165, 1.54) is 51.6 Å². The van der Waals surface area contributed by atoms with Crippen molar-refractivity contribution in [3.8, 4) is 5.75 Å². The van der Waals surface area contributed by atoms with Crippen LogP contribution in [0, 0.1) is 11.8 Å². The maximum Gasteiger partial charge on any atom is 0.255 e. The Labute approximate surface area is 196 Å². The van der Waals surface area contributed by atoms with Gasteiger partial charge in [0.05, 0.1) is 0 Å². The molecule has 6 nitrogen and oxygen atoms in total. The molecule has 1 aromatic carbocycles. The quantitative estimate of drug-likeness (QED) is 0.655. The molecule has 0 bridgehead atoms. The Morgan fingerprint density at radius 3 is 2.48 bits per heavy atom. The highest BCUT2D eigenvalue weighted by Crippen LogP contribution is 2.38. The van der Waals surface area contributed by atoms with Gasteiger partial charge in [0.15, 0.2) is 0 Å². The predicted molar refractivity (Wildman–Crippen MR) is 126 cm³/mol. The maximum absolute atomic E-state index is 13.0. The van der Waals surface area contributed by atoms with Crippen LogP contribution in [0.1, 0.15) is 73.7 Å². The molecular formula is C27H35N3O3. The average molecular weight is 450 g/mol. The predicted octanol–water partition coefficient (Wildman–Crippen LogP) is 3.86. The number of piperidine rings is 1. The molecule has 5 aliphatic rings. The second-order valence-electron chi connectivity index (χ2n) is 10.9. The van der Waals surface area contributed by atoms with Crippen LogP contribution in [0.25, 0.3) is 0 Å². The zero-order valence-electron chi connectivity index (χ0n) is 19.4. The molecule has 1 saturated heterocycles. The highest BCUT2D eigenvalue weighted by atomic mass is 16.5. The van der Waals surface area contributed by atoms with Crippen LogP contribution in [0.5, 0.6) is 5.75 Å². The van der Waals surface area contributed by atoms with Gasteiger partial charge in [-0.3, -0.25) is 14.5 Å². The van der Waals surface area contributed by atoms with Crippen LogP contribution >= 0.6 is 0 Å². The van der Waals surface area contributed by atoms with Crippen molar-refractivity contribution >= 4 is 11.8 Å². The van der Waals surface area contributed by atoms with Gasteiger partial charge in [0.1, 0.15) is 17.9 Å². The average Bonchev–Trinajstić information content (AvgIpc) is 3.71.